The smallest absolute Gasteiger partial charge is 0.262 e. The number of rotatable bonds is 4. The molecule has 0 aliphatic carbocycles. The third-order valence-electron chi connectivity index (χ3n) is 3.60. The molecule has 0 radical (unpaired) electrons. The predicted octanol–water partition coefficient (Wildman–Crippen LogP) is 3.09. The Bertz CT molecular complexity index is 827. The highest BCUT2D eigenvalue weighted by atomic mass is 32.2. The molecule has 0 bridgehead atoms. The Hall–Kier alpha value is -2.34. The van der Waals surface area contributed by atoms with Gasteiger partial charge in [0.05, 0.1) is 4.90 Å². The van der Waals surface area contributed by atoms with E-state index >= 15 is 0 Å². The first-order chi connectivity index (χ1) is 10.7. The van der Waals surface area contributed by atoms with Crippen molar-refractivity contribution < 1.29 is 13.2 Å². The lowest BCUT2D eigenvalue weighted by atomic mass is 10.2. The first kappa shape index (κ1) is 17.0. The van der Waals surface area contributed by atoms with Crippen LogP contribution in [0.1, 0.15) is 18.1 Å². The Labute approximate surface area is 137 Å². The highest BCUT2D eigenvalue weighted by Crippen LogP contribution is 2.22. The molecule has 2 aromatic rings. The van der Waals surface area contributed by atoms with Crippen LogP contribution in [0.15, 0.2) is 47.4 Å². The van der Waals surface area contributed by atoms with E-state index < -0.39 is 10.0 Å². The van der Waals surface area contributed by atoms with E-state index in [1.54, 1.807) is 50.4 Å². The van der Waals surface area contributed by atoms with Gasteiger partial charge in [-0.25, -0.2) is 8.42 Å². The van der Waals surface area contributed by atoms with Crippen LogP contribution in [0.25, 0.3) is 0 Å². The van der Waals surface area contributed by atoms with Crippen molar-refractivity contribution in [2.24, 2.45) is 0 Å². The standard InChI is InChI=1S/C17H20N2O3S/c1-12-5-10-17(13(2)11-12)23(21,22)18-15-6-8-16(9-7-15)19(4)14(3)20/h5-11,18H,1-4H3. The van der Waals surface area contributed by atoms with E-state index in [0.29, 0.717) is 16.9 Å². The van der Waals surface area contributed by atoms with Crippen LogP contribution in [0.4, 0.5) is 11.4 Å². The molecule has 0 spiro atoms. The lowest BCUT2D eigenvalue weighted by molar-refractivity contribution is -0.116. The lowest BCUT2D eigenvalue weighted by Gasteiger charge is -2.16. The molecule has 0 fully saturated rings. The molecule has 2 aromatic carbocycles. The van der Waals surface area contributed by atoms with Gasteiger partial charge in [0.25, 0.3) is 10.0 Å². The lowest BCUT2D eigenvalue weighted by Crippen LogP contribution is -2.22. The number of nitrogens with zero attached hydrogens (tertiary/aromatic N) is 1. The summed E-state index contributed by atoms with van der Waals surface area (Å²) in [6.07, 6.45) is 0. The van der Waals surface area contributed by atoms with E-state index in [0.717, 1.165) is 5.56 Å². The van der Waals surface area contributed by atoms with Crippen LogP contribution in [-0.2, 0) is 14.8 Å². The molecule has 23 heavy (non-hydrogen) atoms. The van der Waals surface area contributed by atoms with Gasteiger partial charge in [-0.2, -0.15) is 0 Å². The van der Waals surface area contributed by atoms with Gasteiger partial charge in [0.1, 0.15) is 0 Å². The van der Waals surface area contributed by atoms with Gasteiger partial charge in [-0.1, -0.05) is 17.7 Å². The van der Waals surface area contributed by atoms with E-state index in [9.17, 15) is 13.2 Å². The molecular formula is C17H20N2O3S. The molecule has 0 heterocycles. The van der Waals surface area contributed by atoms with Crippen molar-refractivity contribution in [3.05, 3.63) is 53.6 Å². The van der Waals surface area contributed by atoms with Gasteiger partial charge in [0.15, 0.2) is 0 Å². The van der Waals surface area contributed by atoms with Crippen molar-refractivity contribution in [2.75, 3.05) is 16.7 Å². The summed E-state index contributed by atoms with van der Waals surface area (Å²) in [6, 6.07) is 11.9. The summed E-state index contributed by atoms with van der Waals surface area (Å²) < 4.78 is 27.5. The zero-order valence-corrected chi connectivity index (χ0v) is 14.4. The molecule has 2 rings (SSSR count). The maximum Gasteiger partial charge on any atom is 0.262 e. The van der Waals surface area contributed by atoms with E-state index in [4.69, 9.17) is 0 Å². The van der Waals surface area contributed by atoms with Gasteiger partial charge < -0.3 is 4.90 Å². The van der Waals surface area contributed by atoms with Crippen LogP contribution in [0.5, 0.6) is 0 Å². The summed E-state index contributed by atoms with van der Waals surface area (Å²) in [6.45, 7) is 5.16. The predicted molar refractivity (Wildman–Crippen MR) is 92.3 cm³/mol. The number of carbonyl (C=O) groups is 1. The van der Waals surface area contributed by atoms with Crippen LogP contribution >= 0.6 is 0 Å². The second-order valence-corrected chi connectivity index (χ2v) is 7.15. The minimum absolute atomic E-state index is 0.0892. The number of carbonyl (C=O) groups excluding carboxylic acids is 1. The topological polar surface area (TPSA) is 66.5 Å². The van der Waals surface area contributed by atoms with Crippen molar-refractivity contribution >= 4 is 27.3 Å². The second-order valence-electron chi connectivity index (χ2n) is 5.50. The second kappa shape index (κ2) is 6.42. The SMILES string of the molecule is CC(=O)N(C)c1ccc(NS(=O)(=O)c2ccc(C)cc2C)cc1. The van der Waals surface area contributed by atoms with Crippen molar-refractivity contribution in [3.8, 4) is 0 Å². The van der Waals surface area contributed by atoms with Gasteiger partial charge in [0, 0.05) is 25.3 Å². The molecular weight excluding hydrogens is 312 g/mol. The molecule has 0 atom stereocenters. The maximum absolute atomic E-state index is 12.5. The summed E-state index contributed by atoms with van der Waals surface area (Å²) in [5.41, 5.74) is 2.86. The first-order valence-electron chi connectivity index (χ1n) is 7.15. The highest BCUT2D eigenvalue weighted by Gasteiger charge is 2.17. The largest absolute Gasteiger partial charge is 0.316 e. The molecule has 6 heteroatoms. The van der Waals surface area contributed by atoms with Gasteiger partial charge in [-0.05, 0) is 49.7 Å². The van der Waals surface area contributed by atoms with E-state index in [1.165, 1.54) is 11.8 Å². The Morgan fingerprint density at radius 1 is 1.04 bits per heavy atom. The van der Waals surface area contributed by atoms with Crippen LogP contribution in [0.3, 0.4) is 0 Å². The van der Waals surface area contributed by atoms with Crippen LogP contribution < -0.4 is 9.62 Å². The average Bonchev–Trinajstić information content (AvgIpc) is 2.46. The fourth-order valence-corrected chi connectivity index (χ4v) is 3.53. The molecule has 0 aliphatic rings. The number of amides is 1. The number of hydrogen-bond acceptors (Lipinski definition) is 3. The zero-order chi connectivity index (χ0) is 17.2. The van der Waals surface area contributed by atoms with Crippen molar-refractivity contribution in [2.45, 2.75) is 25.7 Å². The summed E-state index contributed by atoms with van der Waals surface area (Å²) in [5, 5.41) is 0. The summed E-state index contributed by atoms with van der Waals surface area (Å²) in [7, 11) is -1.98. The Morgan fingerprint density at radius 2 is 1.65 bits per heavy atom. The van der Waals surface area contributed by atoms with Gasteiger partial charge in [-0.15, -0.1) is 0 Å². The van der Waals surface area contributed by atoms with Crippen molar-refractivity contribution in [3.63, 3.8) is 0 Å². The fraction of sp³-hybridized carbons (Fsp3) is 0.235. The molecule has 0 unspecified atom stereocenters. The minimum atomic E-state index is -3.64. The van der Waals surface area contributed by atoms with Crippen LogP contribution in [-0.4, -0.2) is 21.4 Å². The number of aryl methyl sites for hydroxylation is 2. The van der Waals surface area contributed by atoms with Crippen LogP contribution in [0.2, 0.25) is 0 Å². The van der Waals surface area contributed by atoms with Crippen molar-refractivity contribution in [1.29, 1.82) is 0 Å². The van der Waals surface area contributed by atoms with E-state index in [1.807, 2.05) is 13.0 Å². The molecule has 0 aromatic heterocycles. The molecule has 1 amide bonds. The third kappa shape index (κ3) is 3.90. The maximum atomic E-state index is 12.5. The molecule has 5 nitrogen and oxygen atoms in total. The monoisotopic (exact) mass is 332 g/mol. The average molecular weight is 332 g/mol. The quantitative estimate of drug-likeness (QED) is 0.935. The number of hydrogen-bond donors (Lipinski definition) is 1. The Morgan fingerprint density at radius 3 is 2.17 bits per heavy atom. The van der Waals surface area contributed by atoms with E-state index in [2.05, 4.69) is 4.72 Å². The number of benzene rings is 2. The van der Waals surface area contributed by atoms with Crippen molar-refractivity contribution in [1.82, 2.24) is 0 Å². The Kier molecular flexibility index (Phi) is 4.75. The molecule has 0 aliphatic heterocycles. The molecule has 0 saturated carbocycles. The summed E-state index contributed by atoms with van der Waals surface area (Å²) >= 11 is 0. The summed E-state index contributed by atoms with van der Waals surface area (Å²) in [5.74, 6) is -0.0892. The first-order valence-corrected chi connectivity index (χ1v) is 8.63. The zero-order valence-electron chi connectivity index (χ0n) is 13.6. The van der Waals surface area contributed by atoms with Gasteiger partial charge in [-0.3, -0.25) is 9.52 Å². The van der Waals surface area contributed by atoms with Gasteiger partial charge >= 0.3 is 0 Å². The molecule has 122 valence electrons. The minimum Gasteiger partial charge on any atom is -0.316 e. The van der Waals surface area contributed by atoms with E-state index in [-0.39, 0.29) is 10.8 Å². The molecule has 0 saturated heterocycles. The number of anilines is 2. The highest BCUT2D eigenvalue weighted by molar-refractivity contribution is 7.92. The summed E-state index contributed by atoms with van der Waals surface area (Å²) in [4.78, 5) is 13.1. The molecule has 1 N–H and O–H groups in total. The third-order valence-corrected chi connectivity index (χ3v) is 5.14. The Balaban J connectivity index is 2.25. The van der Waals surface area contributed by atoms with Gasteiger partial charge in [0.2, 0.25) is 5.91 Å². The number of sulfonamides is 1. The fourth-order valence-electron chi connectivity index (χ4n) is 2.25. The normalized spacial score (nSPS) is 11.1. The van der Waals surface area contributed by atoms with Crippen LogP contribution in [0, 0.1) is 13.8 Å². The number of nitrogens with one attached hydrogen (secondary N) is 1.